The predicted molar refractivity (Wildman–Crippen MR) is 76.3 cm³/mol. The van der Waals surface area contributed by atoms with Crippen LogP contribution in [0.5, 0.6) is 0 Å². The molecule has 0 fully saturated rings. The average Bonchev–Trinajstić information content (AvgIpc) is 2.51. The topological polar surface area (TPSA) is 85.1 Å². The molecule has 0 aliphatic heterocycles. The molecule has 1 N–H and O–H groups in total. The van der Waals surface area contributed by atoms with E-state index in [-0.39, 0.29) is 17.7 Å². The number of carboxylic acids is 1. The summed E-state index contributed by atoms with van der Waals surface area (Å²) in [5.41, 5.74) is 1.21. The molecule has 2 heterocycles. The molecular weight excluding hydrogens is 270 g/mol. The molecule has 1 aromatic carbocycles. The summed E-state index contributed by atoms with van der Waals surface area (Å²) < 4.78 is 1.45. The quantitative estimate of drug-likeness (QED) is 0.787. The highest BCUT2D eigenvalue weighted by Gasteiger charge is 2.06. The highest BCUT2D eigenvalue weighted by atomic mass is 16.4. The number of pyridine rings is 1. The first kappa shape index (κ1) is 13.0. The maximum Gasteiger partial charge on any atom is 0.337 e. The molecule has 0 saturated carbocycles. The van der Waals surface area contributed by atoms with Gasteiger partial charge in [-0.2, -0.15) is 0 Å². The van der Waals surface area contributed by atoms with E-state index in [1.165, 1.54) is 23.2 Å². The molecule has 3 aromatic rings. The smallest absolute Gasteiger partial charge is 0.337 e. The van der Waals surface area contributed by atoms with E-state index in [2.05, 4.69) is 9.97 Å². The summed E-state index contributed by atoms with van der Waals surface area (Å²) in [5, 5.41) is 9.37. The summed E-state index contributed by atoms with van der Waals surface area (Å²) in [6, 6.07) is 10.2. The van der Waals surface area contributed by atoms with Crippen LogP contribution < -0.4 is 5.56 Å². The molecule has 3 rings (SSSR count). The van der Waals surface area contributed by atoms with Crippen LogP contribution in [0.4, 0.5) is 0 Å². The minimum absolute atomic E-state index is 0.114. The molecule has 0 unspecified atom stereocenters. The minimum Gasteiger partial charge on any atom is -0.478 e. The van der Waals surface area contributed by atoms with Crippen molar-refractivity contribution in [2.45, 2.75) is 6.54 Å². The van der Waals surface area contributed by atoms with E-state index < -0.39 is 5.97 Å². The number of para-hydroxylation sites is 1. The Morgan fingerprint density at radius 1 is 1.14 bits per heavy atom. The van der Waals surface area contributed by atoms with Crippen molar-refractivity contribution in [1.29, 1.82) is 0 Å². The van der Waals surface area contributed by atoms with Crippen molar-refractivity contribution in [3.63, 3.8) is 0 Å². The van der Waals surface area contributed by atoms with E-state index in [1.54, 1.807) is 24.3 Å². The Morgan fingerprint density at radius 3 is 2.67 bits per heavy atom. The van der Waals surface area contributed by atoms with E-state index in [9.17, 15) is 9.59 Å². The summed E-state index contributed by atoms with van der Waals surface area (Å²) in [7, 11) is 0. The fourth-order valence-electron chi connectivity index (χ4n) is 2.04. The van der Waals surface area contributed by atoms with E-state index >= 15 is 0 Å². The Labute approximate surface area is 119 Å². The van der Waals surface area contributed by atoms with Gasteiger partial charge in [-0.1, -0.05) is 12.1 Å². The van der Waals surface area contributed by atoms with E-state index in [4.69, 9.17) is 5.11 Å². The van der Waals surface area contributed by atoms with Crippen molar-refractivity contribution in [2.24, 2.45) is 0 Å². The first-order valence-corrected chi connectivity index (χ1v) is 6.27. The van der Waals surface area contributed by atoms with Crippen LogP contribution in [0.3, 0.4) is 0 Å². The molecule has 0 bridgehead atoms. The molecule has 6 nitrogen and oxygen atoms in total. The molecule has 0 aliphatic rings. The Kier molecular flexibility index (Phi) is 3.19. The Morgan fingerprint density at radius 2 is 1.95 bits per heavy atom. The number of benzene rings is 1. The zero-order chi connectivity index (χ0) is 14.8. The zero-order valence-electron chi connectivity index (χ0n) is 10.9. The Hall–Kier alpha value is -3.02. The number of nitrogens with zero attached hydrogens (tertiary/aromatic N) is 3. The maximum absolute atomic E-state index is 12.3. The molecule has 104 valence electrons. The van der Waals surface area contributed by atoms with Crippen LogP contribution in [0.2, 0.25) is 0 Å². The lowest BCUT2D eigenvalue weighted by Gasteiger charge is -2.06. The summed E-state index contributed by atoms with van der Waals surface area (Å²) in [4.78, 5) is 31.3. The first-order valence-electron chi connectivity index (χ1n) is 6.27. The van der Waals surface area contributed by atoms with Crippen LogP contribution in [0.25, 0.3) is 10.9 Å². The Bertz CT molecular complexity index is 869. The van der Waals surface area contributed by atoms with Gasteiger partial charge in [0.05, 0.1) is 35.0 Å². The van der Waals surface area contributed by atoms with Gasteiger partial charge in [-0.25, -0.2) is 9.78 Å². The van der Waals surface area contributed by atoms with Gasteiger partial charge >= 0.3 is 5.97 Å². The standard InChI is InChI=1S/C15H11N3O3/c19-14-12-3-1-2-4-13(12)17-9-18(14)8-11-6-5-10(7-16-11)15(20)21/h1-7,9H,8H2,(H,20,21). The molecule has 0 amide bonds. The largest absolute Gasteiger partial charge is 0.478 e. The van der Waals surface area contributed by atoms with Crippen molar-refractivity contribution >= 4 is 16.9 Å². The third-order valence-corrected chi connectivity index (χ3v) is 3.14. The molecule has 0 radical (unpaired) electrons. The third-order valence-electron chi connectivity index (χ3n) is 3.14. The van der Waals surface area contributed by atoms with Crippen molar-refractivity contribution in [1.82, 2.24) is 14.5 Å². The van der Waals surface area contributed by atoms with Crippen molar-refractivity contribution < 1.29 is 9.90 Å². The average molecular weight is 281 g/mol. The van der Waals surface area contributed by atoms with Crippen LogP contribution in [0, 0.1) is 0 Å². The van der Waals surface area contributed by atoms with Gasteiger partial charge in [-0.05, 0) is 24.3 Å². The van der Waals surface area contributed by atoms with Gasteiger partial charge in [0.2, 0.25) is 0 Å². The molecule has 0 spiro atoms. The Balaban J connectivity index is 1.96. The number of carboxylic acid groups (broad SMARTS) is 1. The van der Waals surface area contributed by atoms with E-state index in [0.29, 0.717) is 16.6 Å². The number of fused-ring (bicyclic) bond motifs is 1. The number of hydrogen-bond donors (Lipinski definition) is 1. The molecule has 0 atom stereocenters. The summed E-state index contributed by atoms with van der Waals surface area (Å²) in [6.07, 6.45) is 2.74. The van der Waals surface area contributed by atoms with Crippen LogP contribution in [0.1, 0.15) is 16.1 Å². The number of carbonyl (C=O) groups is 1. The van der Waals surface area contributed by atoms with Gasteiger partial charge in [-0.3, -0.25) is 14.3 Å². The highest BCUT2D eigenvalue weighted by Crippen LogP contribution is 2.06. The fraction of sp³-hybridized carbons (Fsp3) is 0.0667. The number of rotatable bonds is 3. The lowest BCUT2D eigenvalue weighted by Crippen LogP contribution is -2.21. The SMILES string of the molecule is O=C(O)c1ccc(Cn2cnc3ccccc3c2=O)nc1. The maximum atomic E-state index is 12.3. The number of aromatic carboxylic acids is 1. The number of aromatic nitrogens is 3. The third kappa shape index (κ3) is 2.51. The second-order valence-corrected chi connectivity index (χ2v) is 4.54. The second-order valence-electron chi connectivity index (χ2n) is 4.54. The van der Waals surface area contributed by atoms with Crippen LogP contribution in [-0.2, 0) is 6.54 Å². The van der Waals surface area contributed by atoms with E-state index in [0.717, 1.165) is 0 Å². The summed E-state index contributed by atoms with van der Waals surface area (Å²) in [5.74, 6) is -1.03. The van der Waals surface area contributed by atoms with Crippen molar-refractivity contribution in [3.8, 4) is 0 Å². The van der Waals surface area contributed by atoms with Crippen molar-refractivity contribution in [2.75, 3.05) is 0 Å². The second kappa shape index (κ2) is 5.16. The first-order chi connectivity index (χ1) is 10.1. The normalized spacial score (nSPS) is 10.7. The molecule has 0 aliphatic carbocycles. The molecule has 21 heavy (non-hydrogen) atoms. The van der Waals surface area contributed by atoms with Gasteiger partial charge in [0.1, 0.15) is 0 Å². The van der Waals surface area contributed by atoms with Crippen molar-refractivity contribution in [3.05, 3.63) is 70.5 Å². The molecule has 0 saturated heterocycles. The van der Waals surface area contributed by atoms with Gasteiger partial charge < -0.3 is 5.11 Å². The zero-order valence-corrected chi connectivity index (χ0v) is 10.9. The van der Waals surface area contributed by atoms with Gasteiger partial charge in [0.25, 0.3) is 5.56 Å². The fourth-order valence-corrected chi connectivity index (χ4v) is 2.04. The molecule has 6 heteroatoms. The van der Waals surface area contributed by atoms with Gasteiger partial charge in [-0.15, -0.1) is 0 Å². The van der Waals surface area contributed by atoms with Gasteiger partial charge in [0, 0.05) is 6.20 Å². The number of hydrogen-bond acceptors (Lipinski definition) is 4. The molecular formula is C15H11N3O3. The molecule has 2 aromatic heterocycles. The lowest BCUT2D eigenvalue weighted by atomic mass is 10.2. The minimum atomic E-state index is -1.03. The highest BCUT2D eigenvalue weighted by molar-refractivity contribution is 5.87. The predicted octanol–water partition coefficient (Wildman–Crippen LogP) is 1.54. The van der Waals surface area contributed by atoms with Crippen LogP contribution >= 0.6 is 0 Å². The monoisotopic (exact) mass is 281 g/mol. The summed E-state index contributed by atoms with van der Waals surface area (Å²) >= 11 is 0. The van der Waals surface area contributed by atoms with Gasteiger partial charge in [0.15, 0.2) is 0 Å². The van der Waals surface area contributed by atoms with Crippen LogP contribution in [-0.4, -0.2) is 25.6 Å². The van der Waals surface area contributed by atoms with Crippen LogP contribution in [0.15, 0.2) is 53.7 Å². The lowest BCUT2D eigenvalue weighted by molar-refractivity contribution is 0.0696. The summed E-state index contributed by atoms with van der Waals surface area (Å²) in [6.45, 7) is 0.247. The van der Waals surface area contributed by atoms with E-state index in [1.807, 2.05) is 6.07 Å².